The van der Waals surface area contributed by atoms with Gasteiger partial charge in [0.1, 0.15) is 12.0 Å². The molecule has 0 spiro atoms. The molecule has 3 aliphatic rings. The largest absolute Gasteiger partial charge is 0.508 e. The Morgan fingerprint density at radius 2 is 1.69 bits per heavy atom. The van der Waals surface area contributed by atoms with Crippen molar-refractivity contribution in [3.8, 4) is 5.75 Å². The van der Waals surface area contributed by atoms with E-state index in [0.29, 0.717) is 11.7 Å². The molecule has 29 heavy (non-hydrogen) atoms. The number of hydrogen-bond donors (Lipinski definition) is 1. The highest BCUT2D eigenvalue weighted by Crippen LogP contribution is 2.50. The highest BCUT2D eigenvalue weighted by atomic mass is 16.3. The third-order valence-electron chi connectivity index (χ3n) is 7.74. The molecule has 0 bridgehead atoms. The van der Waals surface area contributed by atoms with Crippen LogP contribution >= 0.6 is 0 Å². The summed E-state index contributed by atoms with van der Waals surface area (Å²) in [4.78, 5) is 13.4. The minimum Gasteiger partial charge on any atom is -0.508 e. The molecule has 152 valence electrons. The summed E-state index contributed by atoms with van der Waals surface area (Å²) in [6, 6.07) is 15.2. The van der Waals surface area contributed by atoms with E-state index in [-0.39, 0.29) is 5.92 Å². The minimum absolute atomic E-state index is 0.240. The summed E-state index contributed by atoms with van der Waals surface area (Å²) >= 11 is 0. The van der Waals surface area contributed by atoms with Gasteiger partial charge in [0, 0.05) is 30.6 Å². The molecule has 0 aromatic heterocycles. The molecule has 2 aromatic carbocycles. The number of aldehydes is 1. The van der Waals surface area contributed by atoms with Gasteiger partial charge in [-0.05, 0) is 78.5 Å². The summed E-state index contributed by atoms with van der Waals surface area (Å²) in [5, 5.41) is 9.97. The molecule has 0 radical (unpaired) electrons. The number of benzene rings is 2. The molecule has 1 heterocycles. The maximum atomic E-state index is 11.0. The summed E-state index contributed by atoms with van der Waals surface area (Å²) in [5.41, 5.74) is 5.44. The van der Waals surface area contributed by atoms with Crippen LogP contribution in [0.25, 0.3) is 0 Å². The Labute approximate surface area is 173 Å². The average Bonchev–Trinajstić information content (AvgIpc) is 2.73. The van der Waals surface area contributed by atoms with Crippen molar-refractivity contribution in [1.29, 1.82) is 0 Å². The Hall–Kier alpha value is -2.29. The van der Waals surface area contributed by atoms with Crippen LogP contribution in [0.15, 0.2) is 42.5 Å². The zero-order valence-corrected chi connectivity index (χ0v) is 17.1. The van der Waals surface area contributed by atoms with Gasteiger partial charge in [0.25, 0.3) is 0 Å². The predicted molar refractivity (Wildman–Crippen MR) is 117 cm³/mol. The Kier molecular flexibility index (Phi) is 5.07. The number of piperidine rings is 1. The molecular weight excluding hydrogens is 358 g/mol. The van der Waals surface area contributed by atoms with Gasteiger partial charge >= 0.3 is 0 Å². The quantitative estimate of drug-likeness (QED) is 0.721. The molecule has 2 aliphatic carbocycles. The molecule has 3 nitrogen and oxygen atoms in total. The van der Waals surface area contributed by atoms with Gasteiger partial charge in [0.15, 0.2) is 0 Å². The number of nitrogens with zero attached hydrogens (tertiary/aromatic N) is 1. The predicted octanol–water partition coefficient (Wildman–Crippen LogP) is 5.30. The van der Waals surface area contributed by atoms with E-state index in [0.717, 1.165) is 50.5 Å². The van der Waals surface area contributed by atoms with Crippen LogP contribution in [0.1, 0.15) is 61.1 Å². The highest BCUT2D eigenvalue weighted by Gasteiger charge is 2.38. The Morgan fingerprint density at radius 1 is 0.931 bits per heavy atom. The van der Waals surface area contributed by atoms with Crippen LogP contribution in [0.5, 0.6) is 5.75 Å². The molecule has 0 unspecified atom stereocenters. The first-order valence-corrected chi connectivity index (χ1v) is 11.3. The van der Waals surface area contributed by atoms with Gasteiger partial charge in [-0.25, -0.2) is 0 Å². The molecule has 1 N–H and O–H groups in total. The highest BCUT2D eigenvalue weighted by molar-refractivity contribution is 5.56. The SMILES string of the molecule is O=CC1CCN(c2ccc([C@@H]3c4ccc(O)cc4CC[C@@H]3C3CCC3)cc2)CC1. The van der Waals surface area contributed by atoms with Gasteiger partial charge in [-0.1, -0.05) is 37.5 Å². The van der Waals surface area contributed by atoms with Gasteiger partial charge in [-0.15, -0.1) is 0 Å². The zero-order valence-electron chi connectivity index (χ0n) is 17.1. The molecule has 2 aromatic rings. The van der Waals surface area contributed by atoms with Crippen molar-refractivity contribution in [2.75, 3.05) is 18.0 Å². The number of carbonyl (C=O) groups is 1. The van der Waals surface area contributed by atoms with Crippen molar-refractivity contribution < 1.29 is 9.90 Å². The second kappa shape index (κ2) is 7.85. The number of fused-ring (bicyclic) bond motifs is 1. The van der Waals surface area contributed by atoms with Crippen molar-refractivity contribution in [2.45, 2.75) is 50.9 Å². The van der Waals surface area contributed by atoms with Crippen molar-refractivity contribution in [1.82, 2.24) is 0 Å². The minimum atomic E-state index is 0.240. The second-order valence-electron chi connectivity index (χ2n) is 9.31. The van der Waals surface area contributed by atoms with Gasteiger partial charge < -0.3 is 14.8 Å². The maximum Gasteiger partial charge on any atom is 0.123 e. The van der Waals surface area contributed by atoms with E-state index in [1.54, 1.807) is 0 Å². The second-order valence-corrected chi connectivity index (χ2v) is 9.31. The number of aryl methyl sites for hydroxylation is 1. The van der Waals surface area contributed by atoms with Gasteiger partial charge in [0.05, 0.1) is 0 Å². The summed E-state index contributed by atoms with van der Waals surface area (Å²) in [5.74, 6) is 2.64. The van der Waals surface area contributed by atoms with Crippen LogP contribution in [0.2, 0.25) is 0 Å². The van der Waals surface area contributed by atoms with E-state index >= 15 is 0 Å². The summed E-state index contributed by atoms with van der Waals surface area (Å²) in [6.07, 6.45) is 9.50. The summed E-state index contributed by atoms with van der Waals surface area (Å²) < 4.78 is 0. The number of rotatable bonds is 4. The lowest BCUT2D eigenvalue weighted by Crippen LogP contribution is -2.34. The summed E-state index contributed by atoms with van der Waals surface area (Å²) in [7, 11) is 0. The lowest BCUT2D eigenvalue weighted by atomic mass is 9.62. The maximum absolute atomic E-state index is 11.0. The van der Waals surface area contributed by atoms with Crippen molar-refractivity contribution in [2.24, 2.45) is 17.8 Å². The number of anilines is 1. The normalized spacial score (nSPS) is 25.3. The van der Waals surface area contributed by atoms with Crippen LogP contribution in [0.4, 0.5) is 5.69 Å². The molecule has 3 heteroatoms. The molecular formula is C26H31NO2. The van der Waals surface area contributed by atoms with Crippen LogP contribution in [0, 0.1) is 17.8 Å². The first-order chi connectivity index (χ1) is 14.2. The molecule has 0 amide bonds. The van der Waals surface area contributed by atoms with Crippen molar-refractivity contribution >= 4 is 12.0 Å². The number of aromatic hydroxyl groups is 1. The van der Waals surface area contributed by atoms with E-state index in [2.05, 4.69) is 35.2 Å². The van der Waals surface area contributed by atoms with E-state index < -0.39 is 0 Å². The lowest BCUT2D eigenvalue weighted by Gasteiger charge is -2.43. The Balaban J connectivity index is 1.42. The summed E-state index contributed by atoms with van der Waals surface area (Å²) in [6.45, 7) is 1.94. The topological polar surface area (TPSA) is 40.5 Å². The van der Waals surface area contributed by atoms with Crippen LogP contribution in [0.3, 0.4) is 0 Å². The first-order valence-electron chi connectivity index (χ1n) is 11.3. The average molecular weight is 390 g/mol. The zero-order chi connectivity index (χ0) is 19.8. The Bertz CT molecular complexity index is 863. The third kappa shape index (κ3) is 3.56. The van der Waals surface area contributed by atoms with E-state index in [1.165, 1.54) is 48.1 Å². The van der Waals surface area contributed by atoms with Crippen LogP contribution in [-0.4, -0.2) is 24.5 Å². The number of phenols is 1. The van der Waals surface area contributed by atoms with Crippen molar-refractivity contribution in [3.63, 3.8) is 0 Å². The number of carbonyl (C=O) groups excluding carboxylic acids is 1. The van der Waals surface area contributed by atoms with Gasteiger partial charge in [0.2, 0.25) is 0 Å². The molecule has 1 saturated heterocycles. The lowest BCUT2D eigenvalue weighted by molar-refractivity contribution is -0.111. The van der Waals surface area contributed by atoms with Gasteiger partial charge in [-0.3, -0.25) is 0 Å². The Morgan fingerprint density at radius 3 is 2.34 bits per heavy atom. The van der Waals surface area contributed by atoms with E-state index in [1.807, 2.05) is 12.1 Å². The molecule has 1 saturated carbocycles. The fraction of sp³-hybridized carbons (Fsp3) is 0.500. The van der Waals surface area contributed by atoms with E-state index in [4.69, 9.17) is 0 Å². The molecule has 2 atom stereocenters. The fourth-order valence-corrected chi connectivity index (χ4v) is 5.82. The van der Waals surface area contributed by atoms with Crippen LogP contribution < -0.4 is 4.90 Å². The standard InChI is InChI=1S/C26H31NO2/c28-17-18-12-14-27(15-13-18)22-7-4-20(5-8-22)26-24(19-2-1-3-19)10-6-21-16-23(29)9-11-25(21)26/h4-5,7-9,11,16-19,24,26,29H,1-3,6,10,12-15H2/t24-,26+/m1/s1. The van der Waals surface area contributed by atoms with E-state index in [9.17, 15) is 9.90 Å². The van der Waals surface area contributed by atoms with Crippen LogP contribution in [-0.2, 0) is 11.2 Å². The monoisotopic (exact) mass is 389 g/mol. The number of phenolic OH excluding ortho intramolecular Hbond substituents is 1. The number of hydrogen-bond acceptors (Lipinski definition) is 3. The molecule has 5 rings (SSSR count). The fourth-order valence-electron chi connectivity index (χ4n) is 5.82. The molecule has 1 aliphatic heterocycles. The van der Waals surface area contributed by atoms with Crippen molar-refractivity contribution in [3.05, 3.63) is 59.2 Å². The molecule has 2 fully saturated rings. The van der Waals surface area contributed by atoms with Gasteiger partial charge in [-0.2, -0.15) is 0 Å². The smallest absolute Gasteiger partial charge is 0.123 e. The third-order valence-corrected chi connectivity index (χ3v) is 7.74. The first kappa shape index (κ1) is 18.7.